The molecular weight excluding hydrogens is 526 g/mol. The predicted molar refractivity (Wildman–Crippen MR) is 119 cm³/mol. The molecule has 4 rings (SSSR count). The first-order valence-electron chi connectivity index (χ1n) is 11.5. The number of nitrogens with one attached hydrogen (secondary N) is 3. The van der Waals surface area contributed by atoms with Gasteiger partial charge in [0.2, 0.25) is 17.8 Å². The van der Waals surface area contributed by atoms with Gasteiger partial charge in [-0.25, -0.2) is 15.1 Å². The Morgan fingerprint density at radius 1 is 0.974 bits per heavy atom. The fourth-order valence-corrected chi connectivity index (χ4v) is 4.44. The SMILES string of the molecule is O=C(CNc1cn[nH]c(=O)c1C(F)(F)F)NC1CCN(C2CCN(c3ncc(C(F)(F)F)cn3)CC2)C1=O. The Morgan fingerprint density at radius 2 is 1.63 bits per heavy atom. The van der Waals surface area contributed by atoms with Crippen LogP contribution < -0.4 is 21.1 Å². The third kappa shape index (κ3) is 5.96. The van der Waals surface area contributed by atoms with E-state index in [9.17, 15) is 40.7 Å². The molecular formula is C21H22F6N8O3. The first-order valence-corrected chi connectivity index (χ1v) is 11.5. The second kappa shape index (κ2) is 10.4. The van der Waals surface area contributed by atoms with Gasteiger partial charge >= 0.3 is 12.4 Å². The van der Waals surface area contributed by atoms with Crippen LogP contribution in [0.5, 0.6) is 0 Å². The predicted octanol–water partition coefficient (Wildman–Crippen LogP) is 1.40. The van der Waals surface area contributed by atoms with E-state index in [0.29, 0.717) is 38.9 Å². The van der Waals surface area contributed by atoms with Gasteiger partial charge in [0.05, 0.1) is 24.0 Å². The number of aromatic nitrogens is 4. The number of piperidine rings is 1. The number of carbonyl (C=O) groups is 2. The number of hydrogen-bond donors (Lipinski definition) is 3. The summed E-state index contributed by atoms with van der Waals surface area (Å²) in [5.74, 6) is -0.921. The summed E-state index contributed by atoms with van der Waals surface area (Å²) in [7, 11) is 0. The monoisotopic (exact) mass is 548 g/mol. The van der Waals surface area contributed by atoms with E-state index >= 15 is 0 Å². The van der Waals surface area contributed by atoms with Crippen molar-refractivity contribution in [1.29, 1.82) is 0 Å². The number of carbonyl (C=O) groups excluding carboxylic acids is 2. The Bertz CT molecular complexity index is 1230. The van der Waals surface area contributed by atoms with Crippen LogP contribution in [-0.2, 0) is 21.9 Å². The quantitative estimate of drug-likeness (QED) is 0.461. The number of amides is 2. The van der Waals surface area contributed by atoms with Crippen LogP contribution in [0.15, 0.2) is 23.4 Å². The van der Waals surface area contributed by atoms with Gasteiger partial charge in [-0.3, -0.25) is 14.4 Å². The zero-order valence-electron chi connectivity index (χ0n) is 19.6. The first kappa shape index (κ1) is 27.1. The maximum absolute atomic E-state index is 13.1. The summed E-state index contributed by atoms with van der Waals surface area (Å²) >= 11 is 0. The van der Waals surface area contributed by atoms with Gasteiger partial charge in [-0.05, 0) is 19.3 Å². The van der Waals surface area contributed by atoms with E-state index in [4.69, 9.17) is 0 Å². The van der Waals surface area contributed by atoms with Gasteiger partial charge in [0.25, 0.3) is 5.56 Å². The van der Waals surface area contributed by atoms with Crippen molar-refractivity contribution in [3.8, 4) is 0 Å². The van der Waals surface area contributed by atoms with Gasteiger partial charge in [-0.15, -0.1) is 0 Å². The minimum Gasteiger partial charge on any atom is -0.374 e. The zero-order chi connectivity index (χ0) is 27.7. The molecule has 2 aliphatic rings. The molecule has 4 heterocycles. The van der Waals surface area contributed by atoms with Crippen molar-refractivity contribution >= 4 is 23.5 Å². The fourth-order valence-electron chi connectivity index (χ4n) is 4.44. The normalized spacial score (nSPS) is 19.1. The maximum Gasteiger partial charge on any atom is 0.423 e. The third-order valence-electron chi connectivity index (χ3n) is 6.31. The molecule has 17 heteroatoms. The molecule has 2 amide bonds. The number of likely N-dealkylation sites (tertiary alicyclic amines) is 1. The van der Waals surface area contributed by atoms with Gasteiger partial charge in [-0.2, -0.15) is 31.4 Å². The lowest BCUT2D eigenvalue weighted by Gasteiger charge is -2.36. The molecule has 2 fully saturated rings. The average Bonchev–Trinajstić information content (AvgIpc) is 3.21. The van der Waals surface area contributed by atoms with E-state index in [1.807, 2.05) is 0 Å². The lowest BCUT2D eigenvalue weighted by molar-refractivity contribution is -0.139. The number of aromatic amines is 1. The zero-order valence-corrected chi connectivity index (χ0v) is 19.6. The summed E-state index contributed by atoms with van der Waals surface area (Å²) in [6.07, 6.45) is -6.01. The standard InChI is InChI=1S/C21H22F6N8O3/c22-20(23,24)11-7-29-19(30-8-11)34-4-1-12(2-5-34)35-6-3-13(18(35)38)32-15(36)10-28-14-9-31-33-17(37)16(14)21(25,26)27/h7-9,12-13H,1-6,10H2,(H,32,36)(H2,28,33,37). The van der Waals surface area contributed by atoms with Crippen molar-refractivity contribution < 1.29 is 35.9 Å². The molecule has 2 aromatic rings. The number of anilines is 2. The number of rotatable bonds is 6. The molecule has 0 radical (unpaired) electrons. The second-order valence-corrected chi connectivity index (χ2v) is 8.77. The summed E-state index contributed by atoms with van der Waals surface area (Å²) in [4.78, 5) is 47.6. The Kier molecular flexibility index (Phi) is 7.46. The smallest absolute Gasteiger partial charge is 0.374 e. The fraction of sp³-hybridized carbons (Fsp3) is 0.524. The Balaban J connectivity index is 1.27. The Morgan fingerprint density at radius 3 is 2.24 bits per heavy atom. The molecule has 11 nitrogen and oxygen atoms in total. The van der Waals surface area contributed by atoms with E-state index in [2.05, 4.69) is 25.7 Å². The average molecular weight is 548 g/mol. The van der Waals surface area contributed by atoms with E-state index in [1.54, 1.807) is 14.9 Å². The van der Waals surface area contributed by atoms with Crippen molar-refractivity contribution in [2.45, 2.75) is 43.7 Å². The van der Waals surface area contributed by atoms with Crippen LogP contribution in [-0.4, -0.2) is 75.1 Å². The van der Waals surface area contributed by atoms with Crippen LogP contribution in [0.1, 0.15) is 30.4 Å². The maximum atomic E-state index is 13.1. The molecule has 2 saturated heterocycles. The molecule has 1 unspecified atom stereocenters. The molecule has 0 aromatic carbocycles. The number of nitrogens with zero attached hydrogens (tertiary/aromatic N) is 5. The van der Waals surface area contributed by atoms with Gasteiger partial charge in [-0.1, -0.05) is 0 Å². The van der Waals surface area contributed by atoms with Crippen LogP contribution >= 0.6 is 0 Å². The molecule has 3 N–H and O–H groups in total. The van der Waals surface area contributed by atoms with Crippen molar-refractivity contribution in [2.75, 3.05) is 36.4 Å². The number of halogens is 6. The summed E-state index contributed by atoms with van der Waals surface area (Å²) in [5, 5.41) is 9.72. The van der Waals surface area contributed by atoms with Gasteiger partial charge in [0.15, 0.2) is 0 Å². The molecule has 2 aromatic heterocycles. The lowest BCUT2D eigenvalue weighted by atomic mass is 10.0. The molecule has 0 bridgehead atoms. The molecule has 1 atom stereocenters. The highest BCUT2D eigenvalue weighted by Gasteiger charge is 2.39. The largest absolute Gasteiger partial charge is 0.423 e. The summed E-state index contributed by atoms with van der Waals surface area (Å²) < 4.78 is 77.5. The van der Waals surface area contributed by atoms with Gasteiger partial charge < -0.3 is 20.4 Å². The highest BCUT2D eigenvalue weighted by Crippen LogP contribution is 2.31. The molecule has 38 heavy (non-hydrogen) atoms. The van der Waals surface area contributed by atoms with E-state index < -0.39 is 53.2 Å². The second-order valence-electron chi connectivity index (χ2n) is 8.77. The van der Waals surface area contributed by atoms with E-state index in [-0.39, 0.29) is 17.9 Å². The van der Waals surface area contributed by atoms with Crippen LogP contribution in [0.4, 0.5) is 38.0 Å². The topological polar surface area (TPSA) is 136 Å². The Labute approximate surface area is 210 Å². The summed E-state index contributed by atoms with van der Waals surface area (Å²) in [6, 6.07) is -1.02. The minimum absolute atomic E-state index is 0.158. The highest BCUT2D eigenvalue weighted by atomic mass is 19.4. The van der Waals surface area contributed by atoms with Crippen LogP contribution in [0.25, 0.3) is 0 Å². The molecule has 206 valence electrons. The number of H-pyrrole nitrogens is 1. The van der Waals surface area contributed by atoms with Crippen molar-refractivity contribution in [1.82, 2.24) is 30.4 Å². The van der Waals surface area contributed by atoms with E-state index in [0.717, 1.165) is 18.6 Å². The van der Waals surface area contributed by atoms with Crippen molar-refractivity contribution in [2.24, 2.45) is 0 Å². The van der Waals surface area contributed by atoms with Gasteiger partial charge in [0, 0.05) is 38.1 Å². The molecule has 0 spiro atoms. The molecule has 0 saturated carbocycles. The van der Waals surface area contributed by atoms with E-state index in [1.165, 1.54) is 0 Å². The highest BCUT2D eigenvalue weighted by molar-refractivity contribution is 5.90. The van der Waals surface area contributed by atoms with Crippen molar-refractivity contribution in [3.05, 3.63) is 40.1 Å². The van der Waals surface area contributed by atoms with Crippen molar-refractivity contribution in [3.63, 3.8) is 0 Å². The third-order valence-corrected chi connectivity index (χ3v) is 6.31. The lowest BCUT2D eigenvalue weighted by Crippen LogP contribution is -2.49. The van der Waals surface area contributed by atoms with Crippen LogP contribution in [0.2, 0.25) is 0 Å². The number of alkyl halides is 6. The van der Waals surface area contributed by atoms with Crippen LogP contribution in [0.3, 0.4) is 0 Å². The summed E-state index contributed by atoms with van der Waals surface area (Å²) in [6.45, 7) is 0.553. The minimum atomic E-state index is -4.97. The molecule has 0 aliphatic carbocycles. The Hall–Kier alpha value is -3.92. The number of hydrogen-bond acceptors (Lipinski definition) is 8. The molecule has 2 aliphatic heterocycles. The van der Waals surface area contributed by atoms with Gasteiger partial charge in [0.1, 0.15) is 11.6 Å². The van der Waals surface area contributed by atoms with Crippen LogP contribution in [0, 0.1) is 0 Å². The summed E-state index contributed by atoms with van der Waals surface area (Å²) in [5.41, 5.74) is -4.59. The first-order chi connectivity index (χ1) is 17.8.